The monoisotopic (exact) mass is 469 g/mol. The zero-order chi connectivity index (χ0) is 23.3. The Kier molecular flexibility index (Phi) is 7.05. The van der Waals surface area contributed by atoms with Gasteiger partial charge < -0.3 is 14.4 Å². The Labute approximate surface area is 194 Å². The van der Waals surface area contributed by atoms with E-state index in [1.165, 1.54) is 4.31 Å². The van der Waals surface area contributed by atoms with Crippen molar-refractivity contribution in [2.45, 2.75) is 18.7 Å². The van der Waals surface area contributed by atoms with Crippen LogP contribution >= 0.6 is 0 Å². The van der Waals surface area contributed by atoms with Gasteiger partial charge in [0.2, 0.25) is 10.0 Å². The van der Waals surface area contributed by atoms with E-state index in [0.717, 1.165) is 11.3 Å². The van der Waals surface area contributed by atoms with Gasteiger partial charge in [0.25, 0.3) is 0 Å². The zero-order valence-corrected chi connectivity index (χ0v) is 19.5. The fourth-order valence-electron chi connectivity index (χ4n) is 3.68. The molecule has 10 heteroatoms. The fourth-order valence-corrected chi connectivity index (χ4v) is 5.25. The first-order chi connectivity index (χ1) is 16.0. The van der Waals surface area contributed by atoms with Gasteiger partial charge in [-0.05, 0) is 50.2 Å². The summed E-state index contributed by atoms with van der Waals surface area (Å²) in [5, 5.41) is 8.64. The van der Waals surface area contributed by atoms with Crippen LogP contribution in [0.25, 0.3) is 11.3 Å². The first-order valence-corrected chi connectivity index (χ1v) is 12.4. The Morgan fingerprint density at radius 3 is 2.36 bits per heavy atom. The summed E-state index contributed by atoms with van der Waals surface area (Å²) in [7, 11) is -3.75. The van der Waals surface area contributed by atoms with Gasteiger partial charge in [-0.3, -0.25) is 4.98 Å². The number of rotatable bonds is 8. The molecule has 0 atom stereocenters. The van der Waals surface area contributed by atoms with E-state index in [9.17, 15) is 8.42 Å². The summed E-state index contributed by atoms with van der Waals surface area (Å²) in [6.07, 6.45) is 3.45. The molecule has 174 valence electrons. The highest BCUT2D eigenvalue weighted by atomic mass is 32.2. The number of piperazine rings is 1. The second-order valence-corrected chi connectivity index (χ2v) is 9.29. The van der Waals surface area contributed by atoms with Gasteiger partial charge in [-0.25, -0.2) is 8.42 Å². The molecule has 9 nitrogen and oxygen atoms in total. The molecule has 33 heavy (non-hydrogen) atoms. The molecule has 1 aliphatic heterocycles. The molecule has 2 aromatic heterocycles. The summed E-state index contributed by atoms with van der Waals surface area (Å²) < 4.78 is 39.4. The van der Waals surface area contributed by atoms with Gasteiger partial charge in [0.15, 0.2) is 5.82 Å². The molecule has 1 aliphatic rings. The summed E-state index contributed by atoms with van der Waals surface area (Å²) in [6.45, 7) is 6.19. The third-order valence-electron chi connectivity index (χ3n) is 5.31. The maximum atomic E-state index is 13.4. The Morgan fingerprint density at radius 1 is 0.939 bits per heavy atom. The number of nitrogens with zero attached hydrogens (tertiary/aromatic N) is 5. The zero-order valence-electron chi connectivity index (χ0n) is 18.7. The molecule has 0 spiro atoms. The molecule has 3 heterocycles. The first-order valence-electron chi connectivity index (χ1n) is 10.9. The highest BCUT2D eigenvalue weighted by Crippen LogP contribution is 2.32. The average Bonchev–Trinajstić information content (AvgIpc) is 2.86. The maximum absolute atomic E-state index is 13.4. The number of hydrogen-bond acceptors (Lipinski definition) is 8. The van der Waals surface area contributed by atoms with Crippen LogP contribution in [-0.4, -0.2) is 67.3 Å². The average molecular weight is 470 g/mol. The van der Waals surface area contributed by atoms with Crippen molar-refractivity contribution in [2.75, 3.05) is 44.3 Å². The largest absolute Gasteiger partial charge is 0.494 e. The van der Waals surface area contributed by atoms with Crippen LogP contribution in [0.15, 0.2) is 59.8 Å². The van der Waals surface area contributed by atoms with E-state index in [-0.39, 0.29) is 4.90 Å². The van der Waals surface area contributed by atoms with Gasteiger partial charge in [-0.1, -0.05) is 0 Å². The van der Waals surface area contributed by atoms with Gasteiger partial charge in [0.05, 0.1) is 18.9 Å². The molecule has 1 aromatic carbocycles. The molecule has 1 fully saturated rings. The van der Waals surface area contributed by atoms with Crippen molar-refractivity contribution in [1.82, 2.24) is 19.5 Å². The van der Waals surface area contributed by atoms with Gasteiger partial charge in [-0.2, -0.15) is 4.31 Å². The van der Waals surface area contributed by atoms with Gasteiger partial charge >= 0.3 is 0 Å². The molecule has 0 radical (unpaired) electrons. The van der Waals surface area contributed by atoms with E-state index < -0.39 is 10.0 Å². The maximum Gasteiger partial charge on any atom is 0.247 e. The van der Waals surface area contributed by atoms with Crippen molar-refractivity contribution in [3.05, 3.63) is 54.9 Å². The third kappa shape index (κ3) is 5.07. The van der Waals surface area contributed by atoms with Crippen molar-refractivity contribution in [1.29, 1.82) is 0 Å². The highest BCUT2D eigenvalue weighted by molar-refractivity contribution is 7.89. The predicted octanol–water partition coefficient (Wildman–Crippen LogP) is 2.85. The second kappa shape index (κ2) is 10.1. The summed E-state index contributed by atoms with van der Waals surface area (Å²) in [5.41, 5.74) is 1.64. The quantitative estimate of drug-likeness (QED) is 0.497. The standard InChI is InChI=1S/C23H27N5O4S/c1-3-31-19-7-9-21(32-4-2)22(16-19)33(29,30)28-14-12-27(13-15-28)23-10-8-20(25-26-23)18-6-5-11-24-17-18/h5-11,16-17H,3-4,12-15H2,1-2H3. The Balaban J connectivity index is 1.48. The lowest BCUT2D eigenvalue weighted by molar-refractivity contribution is 0.319. The van der Waals surface area contributed by atoms with E-state index in [2.05, 4.69) is 15.2 Å². The number of sulfonamides is 1. The van der Waals surface area contributed by atoms with Crippen LogP contribution in [0.5, 0.6) is 11.5 Å². The Morgan fingerprint density at radius 2 is 1.73 bits per heavy atom. The van der Waals surface area contributed by atoms with Crippen molar-refractivity contribution >= 4 is 15.8 Å². The number of anilines is 1. The molecular formula is C23H27N5O4S. The van der Waals surface area contributed by atoms with E-state index in [0.29, 0.717) is 56.7 Å². The number of aromatic nitrogens is 3. The van der Waals surface area contributed by atoms with E-state index in [1.54, 1.807) is 30.6 Å². The minimum Gasteiger partial charge on any atom is -0.494 e. The number of benzene rings is 1. The van der Waals surface area contributed by atoms with Crippen molar-refractivity contribution < 1.29 is 17.9 Å². The van der Waals surface area contributed by atoms with Gasteiger partial charge in [0.1, 0.15) is 16.4 Å². The summed E-state index contributed by atoms with van der Waals surface area (Å²) in [6, 6.07) is 12.5. The van der Waals surface area contributed by atoms with E-state index in [4.69, 9.17) is 9.47 Å². The van der Waals surface area contributed by atoms with Crippen molar-refractivity contribution in [3.63, 3.8) is 0 Å². The minimum absolute atomic E-state index is 0.129. The van der Waals surface area contributed by atoms with Crippen LogP contribution in [0.3, 0.4) is 0 Å². The number of hydrogen-bond donors (Lipinski definition) is 0. The third-order valence-corrected chi connectivity index (χ3v) is 7.23. The molecule has 1 saturated heterocycles. The molecular weight excluding hydrogens is 442 g/mol. The number of ether oxygens (including phenoxy) is 2. The fraction of sp³-hybridized carbons (Fsp3) is 0.348. The van der Waals surface area contributed by atoms with E-state index >= 15 is 0 Å². The molecule has 4 rings (SSSR count). The summed E-state index contributed by atoms with van der Waals surface area (Å²) >= 11 is 0. The molecule has 3 aromatic rings. The van der Waals surface area contributed by atoms with Crippen LogP contribution in [0.1, 0.15) is 13.8 Å². The van der Waals surface area contributed by atoms with Crippen molar-refractivity contribution in [3.8, 4) is 22.8 Å². The van der Waals surface area contributed by atoms with Gasteiger partial charge in [-0.15, -0.1) is 10.2 Å². The molecule has 0 amide bonds. The second-order valence-electron chi connectivity index (χ2n) is 7.38. The predicted molar refractivity (Wildman–Crippen MR) is 125 cm³/mol. The van der Waals surface area contributed by atoms with Crippen LogP contribution in [0.2, 0.25) is 0 Å². The smallest absolute Gasteiger partial charge is 0.247 e. The normalized spacial score (nSPS) is 14.8. The van der Waals surface area contributed by atoms with Crippen LogP contribution in [0, 0.1) is 0 Å². The lowest BCUT2D eigenvalue weighted by Crippen LogP contribution is -2.49. The molecule has 0 bridgehead atoms. The summed E-state index contributed by atoms with van der Waals surface area (Å²) in [5.74, 6) is 1.55. The lowest BCUT2D eigenvalue weighted by Gasteiger charge is -2.34. The SMILES string of the molecule is CCOc1ccc(OCC)c(S(=O)(=O)N2CCN(c3ccc(-c4cccnc4)nn3)CC2)c1. The molecule has 0 aliphatic carbocycles. The Hall–Kier alpha value is -3.24. The van der Waals surface area contributed by atoms with E-state index in [1.807, 2.05) is 43.0 Å². The minimum atomic E-state index is -3.75. The number of pyridine rings is 1. The molecule has 0 unspecified atom stereocenters. The van der Waals surface area contributed by atoms with Crippen molar-refractivity contribution in [2.24, 2.45) is 0 Å². The highest BCUT2D eigenvalue weighted by Gasteiger charge is 2.32. The molecule has 0 saturated carbocycles. The van der Waals surface area contributed by atoms with Crippen LogP contribution in [0.4, 0.5) is 5.82 Å². The Bertz CT molecular complexity index is 1170. The topological polar surface area (TPSA) is 97.8 Å². The van der Waals surface area contributed by atoms with Crippen LogP contribution in [-0.2, 0) is 10.0 Å². The summed E-state index contributed by atoms with van der Waals surface area (Å²) in [4.78, 5) is 6.27. The molecule has 0 N–H and O–H groups in total. The van der Waals surface area contributed by atoms with Gasteiger partial charge in [0, 0.05) is 50.2 Å². The lowest BCUT2D eigenvalue weighted by atomic mass is 10.2. The van der Waals surface area contributed by atoms with Crippen LogP contribution < -0.4 is 14.4 Å². The first kappa shape index (κ1) is 22.9.